The van der Waals surface area contributed by atoms with Gasteiger partial charge in [0.1, 0.15) is 11.1 Å². The van der Waals surface area contributed by atoms with E-state index in [0.29, 0.717) is 5.71 Å². The summed E-state index contributed by atoms with van der Waals surface area (Å²) in [6.07, 6.45) is 1.81. The first-order valence-electron chi connectivity index (χ1n) is 14.0. The molecule has 0 bridgehead atoms. The summed E-state index contributed by atoms with van der Waals surface area (Å²) in [5.74, 6) is 0. The van der Waals surface area contributed by atoms with Crippen molar-refractivity contribution in [3.8, 4) is 33.5 Å². The van der Waals surface area contributed by atoms with Gasteiger partial charge in [0.15, 0.2) is 0 Å². The number of rotatable bonds is 3. The fraction of sp³-hybridized carbons (Fsp3) is 0. The highest BCUT2D eigenvalue weighted by Crippen LogP contribution is 2.41. The van der Waals surface area contributed by atoms with Crippen molar-refractivity contribution in [2.75, 3.05) is 0 Å². The third-order valence-corrected chi connectivity index (χ3v) is 9.38. The minimum absolute atomic E-state index is 0.552. The zero-order valence-electron chi connectivity index (χ0n) is 22.4. The number of furan rings is 1. The predicted molar refractivity (Wildman–Crippen MR) is 176 cm³/mol. The Kier molecular flexibility index (Phi) is 5.07. The van der Waals surface area contributed by atoms with Crippen molar-refractivity contribution in [3.05, 3.63) is 134 Å². The van der Waals surface area contributed by atoms with Crippen molar-refractivity contribution in [2.24, 2.45) is 0 Å². The van der Waals surface area contributed by atoms with E-state index in [1.165, 1.54) is 36.7 Å². The number of aromatic nitrogens is 2. The summed E-state index contributed by atoms with van der Waals surface area (Å²) in [5, 5.41) is 5.94. The number of fused-ring (bicyclic) bond motifs is 7. The van der Waals surface area contributed by atoms with Gasteiger partial charge in [-0.2, -0.15) is 0 Å². The summed E-state index contributed by atoms with van der Waals surface area (Å²) < 4.78 is 8.76. The van der Waals surface area contributed by atoms with Crippen LogP contribution in [0.5, 0.6) is 0 Å². The summed E-state index contributed by atoms with van der Waals surface area (Å²) in [6.45, 7) is 0. The molecular weight excluding hydrogens is 532 g/mol. The molecule has 0 fully saturated rings. The monoisotopic (exact) mass is 554 g/mol. The van der Waals surface area contributed by atoms with Crippen molar-refractivity contribution in [1.82, 2.24) is 9.97 Å². The first-order chi connectivity index (χ1) is 20.8. The van der Waals surface area contributed by atoms with E-state index in [0.717, 1.165) is 44.3 Å². The lowest BCUT2D eigenvalue weighted by Crippen LogP contribution is -1.88. The van der Waals surface area contributed by atoms with Crippen molar-refractivity contribution in [1.29, 1.82) is 0 Å². The summed E-state index contributed by atoms with van der Waals surface area (Å²) in [4.78, 5) is 9.76. The van der Waals surface area contributed by atoms with E-state index < -0.39 is 0 Å². The Labute approximate surface area is 245 Å². The van der Waals surface area contributed by atoms with E-state index in [-0.39, 0.29) is 0 Å². The van der Waals surface area contributed by atoms with Crippen LogP contribution in [0.4, 0.5) is 0 Å². The Morgan fingerprint density at radius 1 is 0.548 bits per heavy atom. The predicted octanol–water partition coefficient (Wildman–Crippen LogP) is 10.9. The van der Waals surface area contributed by atoms with Gasteiger partial charge in [-0.05, 0) is 57.3 Å². The molecule has 3 nitrogen and oxygen atoms in total. The molecule has 6 aromatic carbocycles. The SMILES string of the molecule is c1cc(-c2ccc3oc4ncc(-c5cccc6ccccc56)nc4c3c2)cc(-c2cccc3c2sc2ccccc23)c1. The third kappa shape index (κ3) is 3.59. The molecular formula is C38H22N2OS. The van der Waals surface area contributed by atoms with Gasteiger partial charge in [0.05, 0.1) is 11.9 Å². The number of nitrogens with zero attached hydrogens (tertiary/aromatic N) is 2. The van der Waals surface area contributed by atoms with Crippen molar-refractivity contribution >= 4 is 64.5 Å². The third-order valence-electron chi connectivity index (χ3n) is 8.16. The molecule has 0 atom stereocenters. The van der Waals surface area contributed by atoms with Crippen molar-refractivity contribution < 1.29 is 4.42 Å². The quantitative estimate of drug-likeness (QED) is 0.218. The topological polar surface area (TPSA) is 38.9 Å². The Hall–Kier alpha value is -5.32. The lowest BCUT2D eigenvalue weighted by atomic mass is 9.97. The maximum Gasteiger partial charge on any atom is 0.246 e. The average Bonchev–Trinajstić information content (AvgIpc) is 3.62. The molecule has 4 heteroatoms. The fourth-order valence-corrected chi connectivity index (χ4v) is 7.37. The maximum absolute atomic E-state index is 6.12. The second-order valence-electron chi connectivity index (χ2n) is 10.6. The van der Waals surface area contributed by atoms with Gasteiger partial charge >= 0.3 is 0 Å². The Balaban J connectivity index is 1.18. The first-order valence-corrected chi connectivity index (χ1v) is 14.8. The Bertz CT molecular complexity index is 2480. The number of benzene rings is 6. The molecule has 42 heavy (non-hydrogen) atoms. The summed E-state index contributed by atoms with van der Waals surface area (Å²) in [6, 6.07) is 45.1. The fourth-order valence-electron chi connectivity index (χ4n) is 6.14. The molecule has 196 valence electrons. The zero-order chi connectivity index (χ0) is 27.6. The molecule has 3 heterocycles. The van der Waals surface area contributed by atoms with Gasteiger partial charge in [0, 0.05) is 31.1 Å². The first kappa shape index (κ1) is 23.4. The van der Waals surface area contributed by atoms with Crippen LogP contribution >= 0.6 is 11.3 Å². The molecule has 9 rings (SSSR count). The number of hydrogen-bond acceptors (Lipinski definition) is 4. The van der Waals surface area contributed by atoms with Gasteiger partial charge in [-0.3, -0.25) is 0 Å². The van der Waals surface area contributed by atoms with Gasteiger partial charge in [-0.15, -0.1) is 11.3 Å². The van der Waals surface area contributed by atoms with E-state index in [2.05, 4.69) is 126 Å². The lowest BCUT2D eigenvalue weighted by Gasteiger charge is -2.08. The molecule has 9 aromatic rings. The van der Waals surface area contributed by atoms with Gasteiger partial charge in [-0.25, -0.2) is 9.97 Å². The van der Waals surface area contributed by atoms with Gasteiger partial charge in [0.2, 0.25) is 5.71 Å². The largest absolute Gasteiger partial charge is 0.436 e. The van der Waals surface area contributed by atoms with E-state index in [4.69, 9.17) is 9.40 Å². The van der Waals surface area contributed by atoms with Crippen LogP contribution in [0.3, 0.4) is 0 Å². The van der Waals surface area contributed by atoms with Gasteiger partial charge in [0.25, 0.3) is 0 Å². The molecule has 0 aliphatic heterocycles. The maximum atomic E-state index is 6.12. The highest BCUT2D eigenvalue weighted by molar-refractivity contribution is 7.26. The van der Waals surface area contributed by atoms with Crippen molar-refractivity contribution in [2.45, 2.75) is 0 Å². The summed E-state index contributed by atoms with van der Waals surface area (Å²) >= 11 is 1.86. The van der Waals surface area contributed by atoms with Crippen molar-refractivity contribution in [3.63, 3.8) is 0 Å². The second kappa shape index (κ2) is 9.10. The molecule has 0 radical (unpaired) electrons. The normalized spacial score (nSPS) is 11.8. The number of thiophene rings is 1. The van der Waals surface area contributed by atoms with E-state index in [1.807, 2.05) is 23.6 Å². The molecule has 0 spiro atoms. The molecule has 0 saturated heterocycles. The number of hydrogen-bond donors (Lipinski definition) is 0. The van der Waals surface area contributed by atoms with Crippen LogP contribution in [0.2, 0.25) is 0 Å². The molecule has 0 saturated carbocycles. The highest BCUT2D eigenvalue weighted by Gasteiger charge is 2.15. The zero-order valence-corrected chi connectivity index (χ0v) is 23.2. The Morgan fingerprint density at radius 3 is 2.26 bits per heavy atom. The van der Waals surface area contributed by atoms with E-state index in [1.54, 1.807) is 0 Å². The minimum atomic E-state index is 0.552. The van der Waals surface area contributed by atoms with E-state index >= 15 is 0 Å². The Morgan fingerprint density at radius 2 is 1.29 bits per heavy atom. The van der Waals surface area contributed by atoms with Crippen LogP contribution in [0.25, 0.3) is 86.7 Å². The van der Waals surface area contributed by atoms with E-state index in [9.17, 15) is 0 Å². The molecule has 3 aromatic heterocycles. The van der Waals surface area contributed by atoms with Crippen LogP contribution in [0.15, 0.2) is 138 Å². The molecule has 0 unspecified atom stereocenters. The van der Waals surface area contributed by atoms with Crippen LogP contribution in [-0.4, -0.2) is 9.97 Å². The van der Waals surface area contributed by atoms with Gasteiger partial charge in [-0.1, -0.05) is 103 Å². The smallest absolute Gasteiger partial charge is 0.246 e. The molecule has 0 N–H and O–H groups in total. The average molecular weight is 555 g/mol. The highest BCUT2D eigenvalue weighted by atomic mass is 32.1. The van der Waals surface area contributed by atoms with Crippen LogP contribution in [0.1, 0.15) is 0 Å². The minimum Gasteiger partial charge on any atom is -0.436 e. The van der Waals surface area contributed by atoms with Gasteiger partial charge < -0.3 is 4.42 Å². The molecule has 0 amide bonds. The summed E-state index contributed by atoms with van der Waals surface area (Å²) in [5.41, 5.74) is 8.76. The van der Waals surface area contributed by atoms with Crippen LogP contribution in [-0.2, 0) is 0 Å². The standard InChI is InChI=1S/C38H22N2OS/c1-2-12-27-23(8-1)9-6-15-29(27)33-22-39-38-36(40-33)32-21-25(18-19-34(32)41-38)24-10-5-11-26(20-24)28-14-7-16-31-30-13-3-4-17-35(30)42-37(28)31/h1-22H. The van der Waals surface area contributed by atoms with Crippen LogP contribution in [0, 0.1) is 0 Å². The summed E-state index contributed by atoms with van der Waals surface area (Å²) in [7, 11) is 0. The molecule has 0 aliphatic rings. The van der Waals surface area contributed by atoms with Crippen LogP contribution < -0.4 is 0 Å². The lowest BCUT2D eigenvalue weighted by molar-refractivity contribution is 0.653. The second-order valence-corrected chi connectivity index (χ2v) is 11.7. The molecule has 0 aliphatic carbocycles.